The molecule has 156 valence electrons. The summed E-state index contributed by atoms with van der Waals surface area (Å²) >= 11 is 0. The third kappa shape index (κ3) is 7.62. The summed E-state index contributed by atoms with van der Waals surface area (Å²) in [7, 11) is 0. The molecule has 0 aliphatic carbocycles. The van der Waals surface area contributed by atoms with Crippen molar-refractivity contribution in [2.75, 3.05) is 26.4 Å². The lowest BCUT2D eigenvalue weighted by atomic mass is 10.0. The summed E-state index contributed by atoms with van der Waals surface area (Å²) in [6.45, 7) is 10.8. The van der Waals surface area contributed by atoms with Crippen molar-refractivity contribution >= 4 is 12.2 Å². The number of ether oxygens (including phenoxy) is 3. The highest BCUT2D eigenvalue weighted by Crippen LogP contribution is 2.23. The average Bonchev–Trinajstić information content (AvgIpc) is 2.74. The van der Waals surface area contributed by atoms with Gasteiger partial charge in [0, 0.05) is 13.2 Å². The van der Waals surface area contributed by atoms with E-state index in [0.29, 0.717) is 26.4 Å². The Balaban J connectivity index is 1.85. The van der Waals surface area contributed by atoms with Crippen molar-refractivity contribution in [1.82, 2.24) is 0 Å². The van der Waals surface area contributed by atoms with Crippen LogP contribution in [0.15, 0.2) is 60.7 Å². The summed E-state index contributed by atoms with van der Waals surface area (Å²) in [6, 6.07) is 16.6. The molecule has 2 aromatic carbocycles. The van der Waals surface area contributed by atoms with E-state index in [-0.39, 0.29) is 12.2 Å². The van der Waals surface area contributed by atoms with Crippen LogP contribution in [-0.2, 0) is 14.2 Å². The van der Waals surface area contributed by atoms with Gasteiger partial charge in [-0.1, -0.05) is 72.8 Å². The molecule has 0 heterocycles. The van der Waals surface area contributed by atoms with Gasteiger partial charge in [0.1, 0.15) is 0 Å². The number of hydrogen-bond donors (Lipinski definition) is 0. The Morgan fingerprint density at radius 1 is 0.690 bits per heavy atom. The molecule has 0 radical (unpaired) electrons. The van der Waals surface area contributed by atoms with Gasteiger partial charge >= 0.3 is 0 Å². The quantitative estimate of drug-likeness (QED) is 0.378. The molecule has 0 saturated heterocycles. The van der Waals surface area contributed by atoms with Gasteiger partial charge in [-0.3, -0.25) is 0 Å². The lowest BCUT2D eigenvalue weighted by Gasteiger charge is -2.14. The first-order valence-electron chi connectivity index (χ1n) is 10.5. The summed E-state index contributed by atoms with van der Waals surface area (Å²) in [5.74, 6) is 0. The third-order valence-electron chi connectivity index (χ3n) is 4.72. The van der Waals surface area contributed by atoms with E-state index in [9.17, 15) is 0 Å². The van der Waals surface area contributed by atoms with Gasteiger partial charge in [-0.25, -0.2) is 0 Å². The summed E-state index contributed by atoms with van der Waals surface area (Å²) in [5, 5.41) is 0. The second kappa shape index (κ2) is 13.1. The van der Waals surface area contributed by atoms with E-state index < -0.39 is 0 Å². The maximum atomic E-state index is 5.74. The summed E-state index contributed by atoms with van der Waals surface area (Å²) in [5.41, 5.74) is 4.74. The molecule has 0 amide bonds. The van der Waals surface area contributed by atoms with Crippen LogP contribution in [-0.4, -0.2) is 26.4 Å². The van der Waals surface area contributed by atoms with Gasteiger partial charge in [0.25, 0.3) is 0 Å². The van der Waals surface area contributed by atoms with Crippen molar-refractivity contribution in [3.05, 3.63) is 82.9 Å². The zero-order valence-corrected chi connectivity index (χ0v) is 18.1. The Hall–Kier alpha value is -2.20. The van der Waals surface area contributed by atoms with Crippen LogP contribution in [0.1, 0.15) is 62.2 Å². The monoisotopic (exact) mass is 394 g/mol. The Labute approximate surface area is 176 Å². The molecule has 2 rings (SSSR count). The predicted octanol–water partition coefficient (Wildman–Crippen LogP) is 6.62. The maximum Gasteiger partial charge on any atom is 0.0802 e. The molecule has 2 unspecified atom stereocenters. The Morgan fingerprint density at radius 2 is 1.10 bits per heavy atom. The normalized spacial score (nSPS) is 13.9. The van der Waals surface area contributed by atoms with E-state index in [2.05, 4.69) is 62.4 Å². The number of hydrogen-bond acceptors (Lipinski definition) is 3. The second-order valence-electron chi connectivity index (χ2n) is 6.80. The van der Waals surface area contributed by atoms with Crippen LogP contribution in [0.4, 0.5) is 0 Å². The van der Waals surface area contributed by atoms with Gasteiger partial charge in [-0.2, -0.15) is 0 Å². The molecular formula is C26H34O3. The van der Waals surface area contributed by atoms with Crippen molar-refractivity contribution in [1.29, 1.82) is 0 Å². The largest absolute Gasteiger partial charge is 0.374 e. The van der Waals surface area contributed by atoms with Crippen LogP contribution in [0.2, 0.25) is 0 Å². The van der Waals surface area contributed by atoms with Crippen LogP contribution in [0.3, 0.4) is 0 Å². The first kappa shape index (κ1) is 23.1. The van der Waals surface area contributed by atoms with Gasteiger partial charge in [-0.05, 0) is 49.9 Å². The van der Waals surface area contributed by atoms with Gasteiger partial charge < -0.3 is 14.2 Å². The van der Waals surface area contributed by atoms with Gasteiger partial charge in [0.15, 0.2) is 0 Å². The standard InChI is InChI=1S/C26H34O3/c1-5-28-21(3)25-17-9-7-13-23(25)15-11-19-27-20-12-16-24-14-8-10-18-26(24)22(4)29-6-2/h7-18,21-22H,5-6,19-20H2,1-4H3/b15-11+,16-12+. The first-order valence-corrected chi connectivity index (χ1v) is 10.5. The van der Waals surface area contributed by atoms with Crippen LogP contribution >= 0.6 is 0 Å². The van der Waals surface area contributed by atoms with E-state index in [0.717, 1.165) is 0 Å². The third-order valence-corrected chi connectivity index (χ3v) is 4.72. The predicted molar refractivity (Wildman–Crippen MR) is 122 cm³/mol. The molecule has 0 aromatic heterocycles. The summed E-state index contributed by atoms with van der Waals surface area (Å²) in [6.07, 6.45) is 8.49. The summed E-state index contributed by atoms with van der Waals surface area (Å²) in [4.78, 5) is 0. The molecule has 0 fully saturated rings. The molecule has 3 heteroatoms. The zero-order chi connectivity index (χ0) is 20.9. The maximum absolute atomic E-state index is 5.74. The van der Waals surface area contributed by atoms with Crippen molar-refractivity contribution in [3.8, 4) is 0 Å². The fourth-order valence-corrected chi connectivity index (χ4v) is 3.30. The van der Waals surface area contributed by atoms with E-state index in [1.807, 2.05) is 38.1 Å². The van der Waals surface area contributed by atoms with E-state index in [4.69, 9.17) is 14.2 Å². The minimum atomic E-state index is 0.0869. The molecule has 0 aliphatic rings. The lowest BCUT2D eigenvalue weighted by molar-refractivity contribution is 0.0761. The Bertz CT molecular complexity index is 714. The van der Waals surface area contributed by atoms with E-state index in [1.165, 1.54) is 22.3 Å². The van der Waals surface area contributed by atoms with E-state index >= 15 is 0 Å². The fraction of sp³-hybridized carbons (Fsp3) is 0.385. The van der Waals surface area contributed by atoms with Crippen molar-refractivity contribution < 1.29 is 14.2 Å². The molecule has 0 bridgehead atoms. The Kier molecular flexibility index (Phi) is 10.4. The molecule has 0 N–H and O–H groups in total. The van der Waals surface area contributed by atoms with Crippen molar-refractivity contribution in [2.45, 2.75) is 39.9 Å². The zero-order valence-electron chi connectivity index (χ0n) is 18.1. The number of benzene rings is 2. The smallest absolute Gasteiger partial charge is 0.0802 e. The van der Waals surface area contributed by atoms with Crippen molar-refractivity contribution in [2.24, 2.45) is 0 Å². The van der Waals surface area contributed by atoms with Crippen molar-refractivity contribution in [3.63, 3.8) is 0 Å². The lowest BCUT2D eigenvalue weighted by Crippen LogP contribution is -2.01. The van der Waals surface area contributed by atoms with Gasteiger partial charge in [0.05, 0.1) is 25.4 Å². The van der Waals surface area contributed by atoms with Gasteiger partial charge in [0.2, 0.25) is 0 Å². The average molecular weight is 395 g/mol. The first-order chi connectivity index (χ1) is 14.2. The van der Waals surface area contributed by atoms with Crippen LogP contribution < -0.4 is 0 Å². The molecule has 0 saturated carbocycles. The van der Waals surface area contributed by atoms with Crippen LogP contribution in [0.25, 0.3) is 12.2 Å². The van der Waals surface area contributed by atoms with E-state index in [1.54, 1.807) is 0 Å². The molecule has 0 aliphatic heterocycles. The Morgan fingerprint density at radius 3 is 1.52 bits per heavy atom. The second-order valence-corrected chi connectivity index (χ2v) is 6.80. The molecule has 2 atom stereocenters. The minimum Gasteiger partial charge on any atom is -0.374 e. The SMILES string of the molecule is CCOC(C)c1ccccc1/C=C/COC/C=C/c1ccccc1C(C)OCC. The molecule has 29 heavy (non-hydrogen) atoms. The number of rotatable bonds is 12. The van der Waals surface area contributed by atoms with Crippen LogP contribution in [0, 0.1) is 0 Å². The highest BCUT2D eigenvalue weighted by Gasteiger charge is 2.08. The minimum absolute atomic E-state index is 0.0869. The highest BCUT2D eigenvalue weighted by molar-refractivity contribution is 5.55. The molecular weight excluding hydrogens is 360 g/mol. The molecule has 2 aromatic rings. The van der Waals surface area contributed by atoms with Gasteiger partial charge in [-0.15, -0.1) is 0 Å². The topological polar surface area (TPSA) is 27.7 Å². The fourth-order valence-electron chi connectivity index (χ4n) is 3.30. The molecule has 0 spiro atoms. The van der Waals surface area contributed by atoms with Crippen LogP contribution in [0.5, 0.6) is 0 Å². The molecule has 3 nitrogen and oxygen atoms in total. The highest BCUT2D eigenvalue weighted by atomic mass is 16.5. The summed E-state index contributed by atoms with van der Waals surface area (Å²) < 4.78 is 17.2.